The number of hydrogen-bond acceptors (Lipinski definition) is 5. The highest BCUT2D eigenvalue weighted by atomic mass is 32.1. The maximum absolute atomic E-state index is 5.76. The summed E-state index contributed by atoms with van der Waals surface area (Å²) in [4.78, 5) is 9.16. The molecule has 5 heteroatoms. The van der Waals surface area contributed by atoms with Crippen LogP contribution in [0.3, 0.4) is 0 Å². The normalized spacial score (nSPS) is 10.5. The lowest BCUT2D eigenvalue weighted by atomic mass is 10.1. The summed E-state index contributed by atoms with van der Waals surface area (Å²) in [5.74, 6) is 0.689. The van der Waals surface area contributed by atoms with E-state index in [1.807, 2.05) is 0 Å². The van der Waals surface area contributed by atoms with Gasteiger partial charge in [-0.1, -0.05) is 0 Å². The van der Waals surface area contributed by atoms with Gasteiger partial charge >= 0.3 is 0 Å². The monoisotopic (exact) mass is 220 g/mol. The van der Waals surface area contributed by atoms with Gasteiger partial charge in [-0.3, -0.25) is 0 Å². The van der Waals surface area contributed by atoms with Crippen LogP contribution < -0.4 is 11.5 Å². The van der Waals surface area contributed by atoms with Gasteiger partial charge in [0.25, 0.3) is 0 Å². The largest absolute Gasteiger partial charge is 0.383 e. The second kappa shape index (κ2) is 3.86. The van der Waals surface area contributed by atoms with Crippen molar-refractivity contribution in [3.63, 3.8) is 0 Å². The van der Waals surface area contributed by atoms with E-state index in [0.717, 1.165) is 12.0 Å². The molecule has 78 valence electrons. The second-order valence-corrected chi connectivity index (χ2v) is 4.34. The molecular formula is C10H12N4S. The fourth-order valence-electron chi connectivity index (χ4n) is 1.33. The predicted molar refractivity (Wildman–Crippen MR) is 62.7 cm³/mol. The lowest BCUT2D eigenvalue weighted by Crippen LogP contribution is -2.03. The van der Waals surface area contributed by atoms with E-state index in [0.29, 0.717) is 5.82 Å². The number of nitrogens with two attached hydrogens (primary N) is 2. The van der Waals surface area contributed by atoms with Crippen molar-refractivity contribution < 1.29 is 0 Å². The molecule has 0 saturated heterocycles. The van der Waals surface area contributed by atoms with Gasteiger partial charge in [-0.15, -0.1) is 11.3 Å². The molecule has 0 aliphatic carbocycles. The molecule has 0 radical (unpaired) electrons. The zero-order chi connectivity index (χ0) is 10.8. The molecule has 2 aromatic rings. The molecule has 0 unspecified atom stereocenters. The van der Waals surface area contributed by atoms with Crippen molar-refractivity contribution in [2.45, 2.75) is 13.3 Å². The van der Waals surface area contributed by atoms with Gasteiger partial charge in [-0.2, -0.15) is 4.98 Å². The Morgan fingerprint density at radius 2 is 2.20 bits per heavy atom. The highest BCUT2D eigenvalue weighted by molar-refractivity contribution is 7.10. The molecule has 0 amide bonds. The van der Waals surface area contributed by atoms with Crippen LogP contribution >= 0.6 is 11.3 Å². The van der Waals surface area contributed by atoms with Crippen molar-refractivity contribution in [3.05, 3.63) is 33.6 Å². The highest BCUT2D eigenvalue weighted by Gasteiger charge is 2.06. The number of nitrogen functional groups attached to an aromatic ring is 2. The van der Waals surface area contributed by atoms with Crippen LogP contribution in [0.15, 0.2) is 17.6 Å². The van der Waals surface area contributed by atoms with Crippen molar-refractivity contribution in [2.24, 2.45) is 0 Å². The summed E-state index contributed by atoms with van der Waals surface area (Å²) in [6.45, 7) is 2.08. The molecule has 15 heavy (non-hydrogen) atoms. The number of aromatic nitrogens is 2. The number of nitrogens with zero attached hydrogens (tertiary/aromatic N) is 2. The van der Waals surface area contributed by atoms with Gasteiger partial charge in [0.2, 0.25) is 5.95 Å². The summed E-state index contributed by atoms with van der Waals surface area (Å²) in [6.07, 6.45) is 2.46. The first-order valence-electron chi connectivity index (χ1n) is 4.56. The Hall–Kier alpha value is -1.62. The summed E-state index contributed by atoms with van der Waals surface area (Å²) in [7, 11) is 0. The molecule has 0 fully saturated rings. The third-order valence-corrected chi connectivity index (χ3v) is 3.26. The van der Waals surface area contributed by atoms with Gasteiger partial charge in [0.15, 0.2) is 0 Å². The van der Waals surface area contributed by atoms with Crippen LogP contribution in [0, 0.1) is 6.92 Å². The van der Waals surface area contributed by atoms with E-state index in [2.05, 4.69) is 28.3 Å². The zero-order valence-electron chi connectivity index (χ0n) is 8.40. The molecule has 0 aliphatic rings. The quantitative estimate of drug-likeness (QED) is 0.805. The Kier molecular flexibility index (Phi) is 2.55. The van der Waals surface area contributed by atoms with E-state index in [4.69, 9.17) is 11.5 Å². The number of rotatable bonds is 2. The van der Waals surface area contributed by atoms with E-state index in [1.165, 1.54) is 10.4 Å². The summed E-state index contributed by atoms with van der Waals surface area (Å²) < 4.78 is 0. The fourth-order valence-corrected chi connectivity index (χ4v) is 2.26. The molecule has 0 aliphatic heterocycles. The summed E-state index contributed by atoms with van der Waals surface area (Å²) in [6, 6.07) is 2.09. The standard InChI is InChI=1S/C10H12N4S/c1-6-2-3-15-8(6)4-7-5-13-10(12)14-9(7)11/h2-3,5H,4H2,1H3,(H4,11,12,13,14). The van der Waals surface area contributed by atoms with Crippen molar-refractivity contribution in [3.8, 4) is 0 Å². The molecule has 0 spiro atoms. The number of hydrogen-bond donors (Lipinski definition) is 2. The van der Waals surface area contributed by atoms with Gasteiger partial charge in [-0.05, 0) is 23.9 Å². The third-order valence-electron chi connectivity index (χ3n) is 2.24. The lowest BCUT2D eigenvalue weighted by Gasteiger charge is -2.04. The molecule has 2 rings (SSSR count). The average molecular weight is 220 g/mol. The van der Waals surface area contributed by atoms with Crippen LogP contribution in [0.2, 0.25) is 0 Å². The lowest BCUT2D eigenvalue weighted by molar-refractivity contribution is 1.10. The number of aryl methyl sites for hydroxylation is 1. The van der Waals surface area contributed by atoms with Crippen molar-refractivity contribution >= 4 is 23.1 Å². The Morgan fingerprint density at radius 1 is 1.40 bits per heavy atom. The van der Waals surface area contributed by atoms with Gasteiger partial charge in [0.1, 0.15) is 5.82 Å². The van der Waals surface area contributed by atoms with Crippen LogP contribution in [0.4, 0.5) is 11.8 Å². The fraction of sp³-hybridized carbons (Fsp3) is 0.200. The molecule has 0 aromatic carbocycles. The van der Waals surface area contributed by atoms with E-state index in [-0.39, 0.29) is 5.95 Å². The second-order valence-electron chi connectivity index (χ2n) is 3.34. The van der Waals surface area contributed by atoms with Crippen molar-refractivity contribution in [2.75, 3.05) is 11.5 Å². The van der Waals surface area contributed by atoms with Crippen LogP contribution in [0.25, 0.3) is 0 Å². The average Bonchev–Trinajstić information content (AvgIpc) is 2.57. The van der Waals surface area contributed by atoms with Crippen molar-refractivity contribution in [1.82, 2.24) is 9.97 Å². The molecule has 4 N–H and O–H groups in total. The molecule has 0 bridgehead atoms. The van der Waals surface area contributed by atoms with Gasteiger partial charge in [-0.25, -0.2) is 4.98 Å². The first-order valence-corrected chi connectivity index (χ1v) is 5.44. The SMILES string of the molecule is Cc1ccsc1Cc1cnc(N)nc1N. The first-order chi connectivity index (χ1) is 7.16. The maximum atomic E-state index is 5.76. The van der Waals surface area contributed by atoms with Crippen molar-refractivity contribution in [1.29, 1.82) is 0 Å². The predicted octanol–water partition coefficient (Wildman–Crippen LogP) is 1.60. The Bertz CT molecular complexity index is 478. The topological polar surface area (TPSA) is 77.8 Å². The first kappa shape index (κ1) is 9.92. The minimum absolute atomic E-state index is 0.221. The van der Waals surface area contributed by atoms with Gasteiger partial charge < -0.3 is 11.5 Å². The zero-order valence-corrected chi connectivity index (χ0v) is 9.21. The number of anilines is 2. The van der Waals surface area contributed by atoms with E-state index < -0.39 is 0 Å². The maximum Gasteiger partial charge on any atom is 0.221 e. The smallest absolute Gasteiger partial charge is 0.221 e. The van der Waals surface area contributed by atoms with E-state index in [9.17, 15) is 0 Å². The molecule has 2 heterocycles. The Morgan fingerprint density at radius 3 is 2.80 bits per heavy atom. The number of thiophene rings is 1. The van der Waals surface area contributed by atoms with E-state index in [1.54, 1.807) is 17.5 Å². The molecule has 4 nitrogen and oxygen atoms in total. The van der Waals surface area contributed by atoms with Gasteiger partial charge in [0.05, 0.1) is 0 Å². The Balaban J connectivity index is 2.29. The highest BCUT2D eigenvalue weighted by Crippen LogP contribution is 2.21. The minimum atomic E-state index is 0.221. The molecule has 0 atom stereocenters. The van der Waals surface area contributed by atoms with Crippen LogP contribution in [-0.4, -0.2) is 9.97 Å². The van der Waals surface area contributed by atoms with E-state index >= 15 is 0 Å². The molecule has 0 saturated carbocycles. The molecular weight excluding hydrogens is 208 g/mol. The summed E-state index contributed by atoms with van der Waals surface area (Å²) in [5, 5.41) is 2.07. The Labute approximate surface area is 92.0 Å². The summed E-state index contributed by atoms with van der Waals surface area (Å²) in [5.41, 5.74) is 13.4. The van der Waals surface area contributed by atoms with Crippen LogP contribution in [0.5, 0.6) is 0 Å². The minimum Gasteiger partial charge on any atom is -0.383 e. The third kappa shape index (κ3) is 2.07. The van der Waals surface area contributed by atoms with Gasteiger partial charge in [0, 0.05) is 23.1 Å². The summed E-state index contributed by atoms with van der Waals surface area (Å²) >= 11 is 1.71. The van der Waals surface area contributed by atoms with Crippen LogP contribution in [-0.2, 0) is 6.42 Å². The molecule has 2 aromatic heterocycles. The van der Waals surface area contributed by atoms with Crippen LogP contribution in [0.1, 0.15) is 16.0 Å².